The number of piperidine rings is 1. The maximum absolute atomic E-state index is 12.8. The summed E-state index contributed by atoms with van der Waals surface area (Å²) >= 11 is 0. The second-order valence-electron chi connectivity index (χ2n) is 7.29. The second kappa shape index (κ2) is 8.82. The van der Waals surface area contributed by atoms with Crippen molar-refractivity contribution in [3.05, 3.63) is 71.9 Å². The summed E-state index contributed by atoms with van der Waals surface area (Å²) in [5, 5.41) is 3.68. The van der Waals surface area contributed by atoms with E-state index in [4.69, 9.17) is 4.74 Å². The number of aromatic amines is 1. The first kappa shape index (κ1) is 19.7. The molecule has 3 amide bonds. The molecule has 2 aromatic carbocycles. The van der Waals surface area contributed by atoms with Crippen LogP contribution >= 0.6 is 0 Å². The Morgan fingerprint density at radius 1 is 1.10 bits per heavy atom. The van der Waals surface area contributed by atoms with Crippen molar-refractivity contribution in [2.75, 3.05) is 6.54 Å². The van der Waals surface area contributed by atoms with Crippen LogP contribution in [0.15, 0.2) is 60.8 Å². The number of likely N-dealkylation sites (tertiary alicyclic amines) is 1. The van der Waals surface area contributed by atoms with Crippen molar-refractivity contribution in [3.63, 3.8) is 0 Å². The number of aromatic nitrogens is 1. The maximum atomic E-state index is 12.8. The molecule has 0 saturated carbocycles. The minimum absolute atomic E-state index is 0.122. The fourth-order valence-electron chi connectivity index (χ4n) is 3.68. The predicted octanol–water partition coefficient (Wildman–Crippen LogP) is 3.15. The molecular formula is C23H23N3O4. The summed E-state index contributed by atoms with van der Waals surface area (Å²) in [6, 6.07) is 16.4. The van der Waals surface area contributed by atoms with E-state index in [9.17, 15) is 14.4 Å². The van der Waals surface area contributed by atoms with Gasteiger partial charge in [0.2, 0.25) is 5.91 Å². The minimum atomic E-state index is -0.756. The van der Waals surface area contributed by atoms with Gasteiger partial charge in [0.1, 0.15) is 12.6 Å². The number of imide groups is 1. The first-order chi connectivity index (χ1) is 14.6. The number of benzene rings is 2. The lowest BCUT2D eigenvalue weighted by Crippen LogP contribution is -2.54. The van der Waals surface area contributed by atoms with Crippen LogP contribution in [0.3, 0.4) is 0 Å². The highest BCUT2D eigenvalue weighted by Gasteiger charge is 2.35. The van der Waals surface area contributed by atoms with Crippen LogP contribution < -0.4 is 5.32 Å². The van der Waals surface area contributed by atoms with Gasteiger partial charge in [0.25, 0.3) is 5.91 Å². The third-order valence-electron chi connectivity index (χ3n) is 5.30. The van der Waals surface area contributed by atoms with E-state index in [1.165, 1.54) is 4.90 Å². The van der Waals surface area contributed by atoms with Gasteiger partial charge in [-0.3, -0.25) is 14.5 Å². The summed E-state index contributed by atoms with van der Waals surface area (Å²) in [4.78, 5) is 41.7. The lowest BCUT2D eigenvalue weighted by atomic mass is 10.0. The highest BCUT2D eigenvalue weighted by Crippen LogP contribution is 2.20. The average molecular weight is 405 g/mol. The van der Waals surface area contributed by atoms with Gasteiger partial charge < -0.3 is 15.0 Å². The van der Waals surface area contributed by atoms with Crippen LogP contribution in [0.4, 0.5) is 4.79 Å². The molecule has 154 valence electrons. The summed E-state index contributed by atoms with van der Waals surface area (Å²) in [6.07, 6.45) is 2.28. The largest absolute Gasteiger partial charge is 0.445 e. The van der Waals surface area contributed by atoms with Gasteiger partial charge in [-0.1, -0.05) is 48.5 Å². The zero-order valence-corrected chi connectivity index (χ0v) is 16.5. The second-order valence-corrected chi connectivity index (χ2v) is 7.29. The molecule has 7 nitrogen and oxygen atoms in total. The molecule has 0 bridgehead atoms. The fraction of sp³-hybridized carbons (Fsp3) is 0.261. The smallest absolute Gasteiger partial charge is 0.408 e. The van der Waals surface area contributed by atoms with Crippen LogP contribution in [0.25, 0.3) is 10.9 Å². The molecule has 7 heteroatoms. The first-order valence-corrected chi connectivity index (χ1v) is 9.98. The minimum Gasteiger partial charge on any atom is -0.445 e. The number of H-pyrrole nitrogens is 1. The Kier molecular flexibility index (Phi) is 5.79. The quantitative estimate of drug-likeness (QED) is 0.617. The molecule has 0 unspecified atom stereocenters. The zero-order chi connectivity index (χ0) is 20.9. The van der Waals surface area contributed by atoms with Crippen LogP contribution in [-0.4, -0.2) is 40.4 Å². The number of alkyl carbamates (subject to hydrolysis) is 1. The van der Waals surface area contributed by atoms with Gasteiger partial charge >= 0.3 is 6.09 Å². The maximum Gasteiger partial charge on any atom is 0.408 e. The molecule has 2 N–H and O–H groups in total. The molecule has 3 aromatic rings. The number of carbonyl (C=O) groups is 3. The number of ether oxygens (including phenoxy) is 1. The number of hydrogen-bond acceptors (Lipinski definition) is 4. The van der Waals surface area contributed by atoms with E-state index in [0.717, 1.165) is 22.0 Å². The van der Waals surface area contributed by atoms with Crippen molar-refractivity contribution in [3.8, 4) is 0 Å². The highest BCUT2D eigenvalue weighted by molar-refractivity contribution is 6.01. The van der Waals surface area contributed by atoms with Crippen molar-refractivity contribution >= 4 is 28.8 Å². The van der Waals surface area contributed by atoms with Gasteiger partial charge in [0, 0.05) is 30.1 Å². The highest BCUT2D eigenvalue weighted by atomic mass is 16.5. The number of rotatable bonds is 6. The Labute approximate surface area is 174 Å². The first-order valence-electron chi connectivity index (χ1n) is 9.98. The number of carbonyl (C=O) groups excluding carboxylic acids is 3. The van der Waals surface area contributed by atoms with Gasteiger partial charge in [0.05, 0.1) is 0 Å². The summed E-state index contributed by atoms with van der Waals surface area (Å²) in [6.45, 7) is 0.396. The molecule has 1 aromatic heterocycles. The third kappa shape index (κ3) is 4.35. The molecule has 30 heavy (non-hydrogen) atoms. The monoisotopic (exact) mass is 405 g/mol. The van der Waals surface area contributed by atoms with Crippen LogP contribution in [-0.2, 0) is 27.4 Å². The number of nitrogens with one attached hydrogen (secondary N) is 2. The molecule has 0 spiro atoms. The Bertz CT molecular complexity index is 1060. The fourth-order valence-corrected chi connectivity index (χ4v) is 3.68. The average Bonchev–Trinajstić information content (AvgIpc) is 3.18. The predicted molar refractivity (Wildman–Crippen MR) is 112 cm³/mol. The Morgan fingerprint density at radius 3 is 2.70 bits per heavy atom. The molecule has 1 atom stereocenters. The van der Waals surface area contributed by atoms with E-state index < -0.39 is 12.1 Å². The topological polar surface area (TPSA) is 91.5 Å². The summed E-state index contributed by atoms with van der Waals surface area (Å²) < 4.78 is 5.20. The SMILES string of the molecule is O=C(N[C@H]1CCC(=O)N(CCc2c[nH]c3ccccc23)C1=O)OCc1ccccc1. The van der Waals surface area contributed by atoms with Crippen LogP contribution in [0.1, 0.15) is 24.0 Å². The number of nitrogens with zero attached hydrogens (tertiary/aromatic N) is 1. The van der Waals surface area contributed by atoms with Crippen LogP contribution in [0.5, 0.6) is 0 Å². The van der Waals surface area contributed by atoms with E-state index in [2.05, 4.69) is 10.3 Å². The molecule has 1 aliphatic heterocycles. The summed E-state index contributed by atoms with van der Waals surface area (Å²) in [7, 11) is 0. The van der Waals surface area contributed by atoms with Crippen molar-refractivity contribution in [2.24, 2.45) is 0 Å². The number of hydrogen-bond donors (Lipinski definition) is 2. The van der Waals surface area contributed by atoms with Gasteiger partial charge in [-0.25, -0.2) is 4.79 Å². The van der Waals surface area contributed by atoms with E-state index >= 15 is 0 Å². The van der Waals surface area contributed by atoms with Crippen LogP contribution in [0.2, 0.25) is 0 Å². The standard InChI is InChI=1S/C23H23N3O4/c27-21-11-10-20(25-23(29)30-15-16-6-2-1-3-7-16)22(28)26(21)13-12-17-14-24-19-9-5-4-8-18(17)19/h1-9,14,20,24H,10-13,15H2,(H,25,29)/t20-/m0/s1. The molecule has 4 rings (SSSR count). The Hall–Kier alpha value is -3.61. The summed E-state index contributed by atoms with van der Waals surface area (Å²) in [5.41, 5.74) is 2.92. The van der Waals surface area contributed by atoms with Gasteiger partial charge in [0.15, 0.2) is 0 Å². The molecule has 1 saturated heterocycles. The van der Waals surface area contributed by atoms with E-state index in [0.29, 0.717) is 6.42 Å². The number of fused-ring (bicyclic) bond motifs is 1. The summed E-state index contributed by atoms with van der Waals surface area (Å²) in [5.74, 6) is -0.599. The number of para-hydroxylation sites is 1. The Morgan fingerprint density at radius 2 is 1.87 bits per heavy atom. The molecule has 0 aliphatic carbocycles. The van der Waals surface area contributed by atoms with E-state index in [-0.39, 0.29) is 37.8 Å². The normalized spacial score (nSPS) is 16.7. The van der Waals surface area contributed by atoms with Crippen molar-refractivity contribution < 1.29 is 19.1 Å². The molecule has 1 fully saturated rings. The van der Waals surface area contributed by atoms with Crippen LogP contribution in [0, 0.1) is 0 Å². The Balaban J connectivity index is 1.34. The van der Waals surface area contributed by atoms with Crippen molar-refractivity contribution in [1.29, 1.82) is 0 Å². The lowest BCUT2D eigenvalue weighted by Gasteiger charge is -2.30. The van der Waals surface area contributed by atoms with Gasteiger partial charge in [-0.05, 0) is 30.0 Å². The third-order valence-corrected chi connectivity index (χ3v) is 5.30. The van der Waals surface area contributed by atoms with Gasteiger partial charge in [-0.2, -0.15) is 0 Å². The van der Waals surface area contributed by atoms with Crippen molar-refractivity contribution in [2.45, 2.75) is 31.9 Å². The van der Waals surface area contributed by atoms with E-state index in [1.54, 1.807) is 0 Å². The molecule has 0 radical (unpaired) electrons. The molecule has 1 aliphatic rings. The van der Waals surface area contributed by atoms with Gasteiger partial charge in [-0.15, -0.1) is 0 Å². The van der Waals surface area contributed by atoms with Crippen molar-refractivity contribution in [1.82, 2.24) is 15.2 Å². The number of amides is 3. The zero-order valence-electron chi connectivity index (χ0n) is 16.5. The van der Waals surface area contributed by atoms with E-state index in [1.807, 2.05) is 60.8 Å². The lowest BCUT2D eigenvalue weighted by molar-refractivity contribution is -0.149. The molecule has 2 heterocycles. The molecular weight excluding hydrogens is 382 g/mol.